The van der Waals surface area contributed by atoms with Crippen molar-refractivity contribution < 1.29 is 19.5 Å². The molecule has 1 atom stereocenters. The molecule has 0 aromatic carbocycles. The number of carboxylic acids is 1. The molecule has 0 radical (unpaired) electrons. The molecule has 1 aliphatic heterocycles. The zero-order valence-electron chi connectivity index (χ0n) is 11.5. The molecule has 1 unspecified atom stereocenters. The van der Waals surface area contributed by atoms with Crippen LogP contribution in [0.4, 0.5) is 0 Å². The zero-order chi connectivity index (χ0) is 14.4. The van der Waals surface area contributed by atoms with Crippen LogP contribution in [0.5, 0.6) is 0 Å². The lowest BCUT2D eigenvalue weighted by atomic mass is 9.98. The highest BCUT2D eigenvalue weighted by atomic mass is 16.4. The van der Waals surface area contributed by atoms with Crippen molar-refractivity contribution >= 4 is 17.8 Å². The molecule has 19 heavy (non-hydrogen) atoms. The number of nitrogens with zero attached hydrogens (tertiary/aromatic N) is 1. The molecule has 1 rings (SSSR count). The van der Waals surface area contributed by atoms with Crippen molar-refractivity contribution in [2.24, 2.45) is 5.92 Å². The number of amides is 2. The van der Waals surface area contributed by atoms with Crippen molar-refractivity contribution in [2.45, 2.75) is 45.6 Å². The number of likely N-dealkylation sites (tertiary alicyclic amines) is 1. The molecule has 0 saturated carbocycles. The van der Waals surface area contributed by atoms with E-state index in [1.165, 1.54) is 4.90 Å². The first-order chi connectivity index (χ1) is 8.97. The van der Waals surface area contributed by atoms with Crippen molar-refractivity contribution in [1.29, 1.82) is 0 Å². The number of hydrogen-bond acceptors (Lipinski definition) is 3. The highest BCUT2D eigenvalue weighted by Gasteiger charge is 2.31. The molecule has 1 aliphatic rings. The number of piperidine rings is 1. The highest BCUT2D eigenvalue weighted by molar-refractivity contribution is 5.86. The number of carbonyl (C=O) groups is 3. The Bertz CT molecular complexity index is 353. The molecule has 0 aliphatic carbocycles. The van der Waals surface area contributed by atoms with E-state index in [2.05, 4.69) is 5.32 Å². The highest BCUT2D eigenvalue weighted by Crippen LogP contribution is 2.17. The van der Waals surface area contributed by atoms with E-state index in [-0.39, 0.29) is 37.4 Å². The van der Waals surface area contributed by atoms with Gasteiger partial charge in [-0.3, -0.25) is 14.4 Å². The van der Waals surface area contributed by atoms with Crippen LogP contribution in [0.3, 0.4) is 0 Å². The van der Waals surface area contributed by atoms with Crippen molar-refractivity contribution in [3.05, 3.63) is 0 Å². The minimum atomic E-state index is -0.905. The Kier molecular flexibility index (Phi) is 5.79. The summed E-state index contributed by atoms with van der Waals surface area (Å²) < 4.78 is 0. The number of carbonyl (C=O) groups excluding carboxylic acids is 2. The molecule has 0 bridgehead atoms. The topological polar surface area (TPSA) is 86.7 Å². The maximum absolute atomic E-state index is 11.8. The number of rotatable bonds is 6. The SMILES string of the molecule is CCC(CC)NC(=O)CN1CC(C(=O)O)CCC1=O. The number of nitrogens with one attached hydrogen (secondary N) is 1. The third-order valence-electron chi connectivity index (χ3n) is 3.53. The van der Waals surface area contributed by atoms with Crippen LogP contribution in [0.15, 0.2) is 0 Å². The van der Waals surface area contributed by atoms with Gasteiger partial charge < -0.3 is 15.3 Å². The summed E-state index contributed by atoms with van der Waals surface area (Å²) in [7, 11) is 0. The largest absolute Gasteiger partial charge is 0.481 e. The molecule has 2 amide bonds. The summed E-state index contributed by atoms with van der Waals surface area (Å²) in [5.41, 5.74) is 0. The van der Waals surface area contributed by atoms with Crippen molar-refractivity contribution in [3.63, 3.8) is 0 Å². The summed E-state index contributed by atoms with van der Waals surface area (Å²) >= 11 is 0. The first-order valence-electron chi connectivity index (χ1n) is 6.77. The lowest BCUT2D eigenvalue weighted by molar-refractivity contribution is -0.149. The van der Waals surface area contributed by atoms with E-state index in [0.29, 0.717) is 6.42 Å². The Morgan fingerprint density at radius 3 is 2.58 bits per heavy atom. The second kappa shape index (κ2) is 7.11. The summed E-state index contributed by atoms with van der Waals surface area (Å²) in [6, 6.07) is 0.114. The standard InChI is InChI=1S/C13H22N2O4/c1-3-10(4-2)14-11(16)8-15-7-9(13(18)19)5-6-12(15)17/h9-10H,3-8H2,1-2H3,(H,14,16)(H,18,19). The van der Waals surface area contributed by atoms with Gasteiger partial charge in [0.1, 0.15) is 0 Å². The Hall–Kier alpha value is -1.59. The zero-order valence-corrected chi connectivity index (χ0v) is 11.5. The molecular formula is C13H22N2O4. The van der Waals surface area contributed by atoms with E-state index < -0.39 is 11.9 Å². The average Bonchev–Trinajstić information content (AvgIpc) is 2.38. The number of aliphatic carboxylic acids is 1. The molecule has 0 spiro atoms. The van der Waals surface area contributed by atoms with Gasteiger partial charge >= 0.3 is 5.97 Å². The molecule has 108 valence electrons. The molecule has 0 aromatic rings. The van der Waals surface area contributed by atoms with Crippen LogP contribution in [-0.2, 0) is 14.4 Å². The van der Waals surface area contributed by atoms with E-state index >= 15 is 0 Å². The van der Waals surface area contributed by atoms with Gasteiger partial charge in [0.25, 0.3) is 0 Å². The summed E-state index contributed by atoms with van der Waals surface area (Å²) in [5.74, 6) is -1.82. The van der Waals surface area contributed by atoms with Gasteiger partial charge in [0.15, 0.2) is 0 Å². The van der Waals surface area contributed by atoms with Gasteiger partial charge in [-0.1, -0.05) is 13.8 Å². The lowest BCUT2D eigenvalue weighted by Gasteiger charge is -2.30. The van der Waals surface area contributed by atoms with Crippen LogP contribution >= 0.6 is 0 Å². The average molecular weight is 270 g/mol. The van der Waals surface area contributed by atoms with E-state index in [9.17, 15) is 14.4 Å². The summed E-state index contributed by atoms with van der Waals surface area (Å²) in [6.45, 7) is 4.06. The number of carboxylic acid groups (broad SMARTS) is 1. The summed E-state index contributed by atoms with van der Waals surface area (Å²) in [5, 5.41) is 11.8. The van der Waals surface area contributed by atoms with Gasteiger partial charge in [-0.2, -0.15) is 0 Å². The second-order valence-electron chi connectivity index (χ2n) is 4.93. The molecule has 0 aromatic heterocycles. The normalized spacial score (nSPS) is 19.6. The van der Waals surface area contributed by atoms with Crippen LogP contribution < -0.4 is 5.32 Å². The van der Waals surface area contributed by atoms with Gasteiger partial charge in [-0.05, 0) is 19.3 Å². The minimum Gasteiger partial charge on any atom is -0.481 e. The van der Waals surface area contributed by atoms with Crippen molar-refractivity contribution in [1.82, 2.24) is 10.2 Å². The summed E-state index contributed by atoms with van der Waals surface area (Å²) in [6.07, 6.45) is 2.25. The minimum absolute atomic E-state index is 0.0425. The summed E-state index contributed by atoms with van der Waals surface area (Å²) in [4.78, 5) is 35.8. The van der Waals surface area contributed by atoms with E-state index in [0.717, 1.165) is 12.8 Å². The fraction of sp³-hybridized carbons (Fsp3) is 0.769. The number of hydrogen-bond donors (Lipinski definition) is 2. The second-order valence-corrected chi connectivity index (χ2v) is 4.93. The van der Waals surface area contributed by atoms with Crippen LogP contribution in [0.25, 0.3) is 0 Å². The van der Waals surface area contributed by atoms with Crippen LogP contribution in [0, 0.1) is 5.92 Å². The first kappa shape index (κ1) is 15.5. The molecular weight excluding hydrogens is 248 g/mol. The monoisotopic (exact) mass is 270 g/mol. The first-order valence-corrected chi connectivity index (χ1v) is 6.77. The fourth-order valence-corrected chi connectivity index (χ4v) is 2.21. The molecule has 6 heteroatoms. The van der Waals surface area contributed by atoms with E-state index in [1.54, 1.807) is 0 Å². The predicted molar refractivity (Wildman–Crippen MR) is 69.5 cm³/mol. The van der Waals surface area contributed by atoms with Crippen LogP contribution in [0.1, 0.15) is 39.5 Å². The maximum Gasteiger partial charge on any atom is 0.308 e. The Balaban J connectivity index is 2.51. The molecule has 1 saturated heterocycles. The van der Waals surface area contributed by atoms with Gasteiger partial charge in [0.05, 0.1) is 12.5 Å². The van der Waals surface area contributed by atoms with Gasteiger partial charge in [-0.25, -0.2) is 0 Å². The Morgan fingerprint density at radius 1 is 1.42 bits per heavy atom. The van der Waals surface area contributed by atoms with Crippen LogP contribution in [-0.4, -0.2) is 46.9 Å². The maximum atomic E-state index is 11.8. The Morgan fingerprint density at radius 2 is 2.05 bits per heavy atom. The Labute approximate surface area is 113 Å². The predicted octanol–water partition coefficient (Wildman–Crippen LogP) is 0.614. The third-order valence-corrected chi connectivity index (χ3v) is 3.53. The fourth-order valence-electron chi connectivity index (χ4n) is 2.21. The van der Waals surface area contributed by atoms with Crippen molar-refractivity contribution in [2.75, 3.05) is 13.1 Å². The van der Waals surface area contributed by atoms with Gasteiger partial charge in [0, 0.05) is 19.0 Å². The molecule has 1 heterocycles. The van der Waals surface area contributed by atoms with Crippen molar-refractivity contribution in [3.8, 4) is 0 Å². The van der Waals surface area contributed by atoms with Gasteiger partial charge in [-0.15, -0.1) is 0 Å². The molecule has 6 nitrogen and oxygen atoms in total. The quantitative estimate of drug-likeness (QED) is 0.740. The van der Waals surface area contributed by atoms with Crippen LogP contribution in [0.2, 0.25) is 0 Å². The third kappa shape index (κ3) is 4.54. The van der Waals surface area contributed by atoms with E-state index in [4.69, 9.17) is 5.11 Å². The molecule has 1 fully saturated rings. The lowest BCUT2D eigenvalue weighted by Crippen LogP contribution is -2.48. The smallest absolute Gasteiger partial charge is 0.308 e. The van der Waals surface area contributed by atoms with Gasteiger partial charge in [0.2, 0.25) is 11.8 Å². The molecule has 2 N–H and O–H groups in total. The van der Waals surface area contributed by atoms with E-state index in [1.807, 2.05) is 13.8 Å².